The van der Waals surface area contributed by atoms with E-state index in [0.29, 0.717) is 32.7 Å². The van der Waals surface area contributed by atoms with Crippen LogP contribution in [0.2, 0.25) is 0 Å². The Balaban J connectivity index is 0.00000793. The summed E-state index contributed by atoms with van der Waals surface area (Å²) in [6.45, 7) is 14.0. The van der Waals surface area contributed by atoms with Crippen molar-refractivity contribution >= 4 is 35.5 Å². The van der Waals surface area contributed by atoms with Crippen molar-refractivity contribution in [2.75, 3.05) is 39.8 Å². The maximum Gasteiger partial charge on any atom is 1.00 e. The summed E-state index contributed by atoms with van der Waals surface area (Å²) in [6, 6.07) is 9.96. The molecule has 65 heavy (non-hydrogen) atoms. The van der Waals surface area contributed by atoms with Gasteiger partial charge in [-0.2, -0.15) is 5.10 Å². The molecule has 0 aromatic heterocycles. The third-order valence-electron chi connectivity index (χ3n) is 12.9. The number of aliphatic hydroxyl groups is 3. The van der Waals surface area contributed by atoms with Crippen molar-refractivity contribution in [2.45, 2.75) is 78.7 Å². The van der Waals surface area contributed by atoms with Gasteiger partial charge < -0.3 is 40.0 Å². The molecule has 5 bridgehead atoms. The van der Waals surface area contributed by atoms with Crippen molar-refractivity contribution in [1.82, 2.24) is 15.2 Å². The van der Waals surface area contributed by atoms with Crippen LogP contribution in [0.25, 0.3) is 6.08 Å². The van der Waals surface area contributed by atoms with Gasteiger partial charge in [0.05, 0.1) is 48.0 Å². The molecule has 2 aromatic carbocycles. The number of nitrogens with zero attached hydrogens (tertiary/aromatic N) is 3. The van der Waals surface area contributed by atoms with Crippen molar-refractivity contribution in [2.24, 2.45) is 28.8 Å². The van der Waals surface area contributed by atoms with E-state index in [9.17, 15) is 39.6 Å². The SMILES string of the molecule is CO[C@H]1/C=C/O[C@@]2(C)Oc3c(C)c([O-])c4c(c3C2=O)C(=O)C(/C=N/N2CCN(C/C=C/c3ccccc3)CC2)=C(NC(=O)/C(C)=C\C=C\[C@H](C)[C@H](O)[C@@H](C)[C@@H](O)[C@H](C)[C@H](O)[C@@H]1C)C4=O.[Na+]. The van der Waals surface area contributed by atoms with Crippen molar-refractivity contribution in [1.29, 1.82) is 0 Å². The molecule has 4 N–H and O–H groups in total. The molecule has 7 rings (SSSR count). The Labute approximate surface area is 402 Å². The van der Waals surface area contributed by atoms with Gasteiger partial charge in [0.15, 0.2) is 5.78 Å². The fourth-order valence-electron chi connectivity index (χ4n) is 8.51. The topological polar surface area (TPSA) is 211 Å². The number of Topliss-reactive ketones (excluding diaryl/α,β-unsaturated/α-hetero) is 3. The van der Waals surface area contributed by atoms with Crippen LogP contribution in [0.3, 0.4) is 0 Å². The molecule has 2 aromatic rings. The molecule has 16 heteroatoms. The molecule has 15 nitrogen and oxygen atoms in total. The van der Waals surface area contributed by atoms with Crippen LogP contribution in [0.4, 0.5) is 0 Å². The Morgan fingerprint density at radius 3 is 2.20 bits per heavy atom. The minimum Gasteiger partial charge on any atom is -0.872 e. The van der Waals surface area contributed by atoms with Gasteiger partial charge in [0.2, 0.25) is 5.78 Å². The predicted octanol–water partition coefficient (Wildman–Crippen LogP) is 1.12. The number of hydrogen-bond acceptors (Lipinski definition) is 14. The third-order valence-corrected chi connectivity index (χ3v) is 12.9. The van der Waals surface area contributed by atoms with E-state index in [-0.39, 0.29) is 57.6 Å². The van der Waals surface area contributed by atoms with Gasteiger partial charge in [0.25, 0.3) is 11.7 Å². The standard InChI is InChI=1S/C49H60N4O11.Na/c1-27-14-12-15-28(2)48(61)51-39-34(26-50-53-23-21-52(22-24-53)20-13-18-33-16-10-9-11-17-33)44(58)36-37(45(39)59)43(57)32(6)46-38(36)47(60)49(7,64-46)63-25-19-35(62-8)29(3)41(55)31(5)42(56)30(4)40(27)54;/h9-19,25-27,29-31,35,40-42,54-57H,20-24H2,1-8H3,(H,51,61);/q;+1/p-1/b14-12+,18-13+,25-19+,28-15-,50-26+;/t27-,29+,30+,31+,35-,40-,41+,42+,49-;/m0./s1. The number of ketones is 3. The Hall–Kier alpha value is -4.71. The number of allylic oxidation sites excluding steroid dienone is 4. The summed E-state index contributed by atoms with van der Waals surface area (Å²) in [5.41, 5.74) is -1.10. The number of rotatable bonds is 6. The monoisotopic (exact) mass is 902 g/mol. The first kappa shape index (κ1) is 51.3. The van der Waals surface area contributed by atoms with E-state index >= 15 is 0 Å². The van der Waals surface area contributed by atoms with Gasteiger partial charge in [0.1, 0.15) is 11.4 Å². The molecule has 4 aliphatic heterocycles. The molecule has 0 spiro atoms. The zero-order valence-electron chi connectivity index (χ0n) is 38.6. The number of piperazine rings is 1. The van der Waals surface area contributed by atoms with E-state index in [1.807, 2.05) is 30.3 Å². The molecule has 1 amide bonds. The molecule has 9 atom stereocenters. The van der Waals surface area contributed by atoms with Gasteiger partial charge in [-0.3, -0.25) is 29.1 Å². The van der Waals surface area contributed by atoms with Gasteiger partial charge in [0, 0.05) is 87.1 Å². The summed E-state index contributed by atoms with van der Waals surface area (Å²) in [7, 11) is 1.42. The third kappa shape index (κ3) is 10.8. The molecule has 1 saturated heterocycles. The van der Waals surface area contributed by atoms with Crippen LogP contribution in [-0.4, -0.2) is 125 Å². The smallest absolute Gasteiger partial charge is 0.872 e. The second-order valence-electron chi connectivity index (χ2n) is 17.3. The number of ether oxygens (including phenoxy) is 3. The second kappa shape index (κ2) is 21.7. The Morgan fingerprint density at radius 1 is 0.892 bits per heavy atom. The first-order chi connectivity index (χ1) is 30.4. The number of amides is 1. The molecule has 0 radical (unpaired) electrons. The van der Waals surface area contributed by atoms with Crippen molar-refractivity contribution in [3.05, 3.63) is 112 Å². The van der Waals surface area contributed by atoms with E-state index in [0.717, 1.165) is 11.8 Å². The average Bonchev–Trinajstić information content (AvgIpc) is 3.55. The number of methoxy groups -OCH3 is 1. The first-order valence-electron chi connectivity index (χ1n) is 21.7. The summed E-state index contributed by atoms with van der Waals surface area (Å²) >= 11 is 0. The number of carbonyl (C=O) groups is 4. The van der Waals surface area contributed by atoms with E-state index in [1.165, 1.54) is 46.2 Å². The van der Waals surface area contributed by atoms with Crippen molar-refractivity contribution < 1.29 is 83.4 Å². The Kier molecular flexibility index (Phi) is 17.1. The van der Waals surface area contributed by atoms with Crippen LogP contribution in [0.1, 0.15) is 83.7 Å². The summed E-state index contributed by atoms with van der Waals surface area (Å²) in [5, 5.41) is 56.8. The fourth-order valence-corrected chi connectivity index (χ4v) is 8.51. The molecule has 1 aliphatic carbocycles. The molecule has 4 heterocycles. The normalized spacial score (nSPS) is 31.3. The number of fused-ring (bicyclic) bond motifs is 14. The minimum absolute atomic E-state index is 0. The number of benzene rings is 2. The van der Waals surface area contributed by atoms with Crippen LogP contribution >= 0.6 is 0 Å². The number of carbonyl (C=O) groups excluding carboxylic acids is 4. The van der Waals surface area contributed by atoms with Crippen molar-refractivity contribution in [3.8, 4) is 11.5 Å². The van der Waals surface area contributed by atoms with Crippen LogP contribution < -0.4 is 44.7 Å². The van der Waals surface area contributed by atoms with Crippen LogP contribution in [0, 0.1) is 30.6 Å². The molecule has 5 aliphatic rings. The zero-order chi connectivity index (χ0) is 46.6. The van der Waals surface area contributed by atoms with E-state index in [1.54, 1.807) is 44.9 Å². The molecule has 0 unspecified atom stereocenters. The minimum atomic E-state index is -2.11. The van der Waals surface area contributed by atoms with Crippen LogP contribution in [0.5, 0.6) is 11.5 Å². The Morgan fingerprint density at radius 2 is 1.54 bits per heavy atom. The van der Waals surface area contributed by atoms with E-state index < -0.39 is 99.7 Å². The van der Waals surface area contributed by atoms with Crippen LogP contribution in [-0.2, 0) is 14.3 Å². The molecule has 1 fully saturated rings. The van der Waals surface area contributed by atoms with Gasteiger partial charge >= 0.3 is 35.3 Å². The van der Waals surface area contributed by atoms with E-state index in [4.69, 9.17) is 14.2 Å². The van der Waals surface area contributed by atoms with Gasteiger partial charge in [-0.25, -0.2) is 0 Å². The molecular formula is C49H59N4NaO11. The summed E-state index contributed by atoms with van der Waals surface area (Å²) in [5.74, 6) is -9.19. The van der Waals surface area contributed by atoms with E-state index in [2.05, 4.69) is 27.5 Å². The van der Waals surface area contributed by atoms with Crippen molar-refractivity contribution in [3.63, 3.8) is 0 Å². The quantitative estimate of drug-likeness (QED) is 0.237. The maximum absolute atomic E-state index is 14.8. The number of aliphatic hydroxyl groups excluding tert-OH is 3. The molecule has 342 valence electrons. The number of hydrazone groups is 1. The maximum atomic E-state index is 14.8. The Bertz CT molecular complexity index is 2320. The average molecular weight is 903 g/mol. The van der Waals surface area contributed by atoms with Gasteiger partial charge in [-0.1, -0.05) is 94.2 Å². The zero-order valence-corrected chi connectivity index (χ0v) is 40.6. The van der Waals surface area contributed by atoms with Gasteiger partial charge in [-0.15, -0.1) is 0 Å². The molecule has 0 saturated carbocycles. The van der Waals surface area contributed by atoms with Crippen LogP contribution in [0.15, 0.2) is 88.9 Å². The fraction of sp³-hybridized carbons (Fsp3) is 0.449. The largest absolute Gasteiger partial charge is 1.00 e. The summed E-state index contributed by atoms with van der Waals surface area (Å²) in [6.07, 6.45) is 8.52. The first-order valence-corrected chi connectivity index (χ1v) is 21.7. The second-order valence-corrected chi connectivity index (χ2v) is 17.3. The predicted molar refractivity (Wildman–Crippen MR) is 238 cm³/mol. The number of nitrogens with one attached hydrogen (secondary N) is 1. The number of hydrogen-bond donors (Lipinski definition) is 4. The molecular weight excluding hydrogens is 844 g/mol. The summed E-state index contributed by atoms with van der Waals surface area (Å²) in [4.78, 5) is 59.7. The summed E-state index contributed by atoms with van der Waals surface area (Å²) < 4.78 is 17.6. The van der Waals surface area contributed by atoms with Gasteiger partial charge in [-0.05, 0) is 31.1 Å².